The minimum Gasteiger partial charge on any atom is -0.464 e. The third-order valence-electron chi connectivity index (χ3n) is 3.10. The molecule has 1 aromatic rings. The van der Waals surface area contributed by atoms with Crippen molar-refractivity contribution in [2.45, 2.75) is 26.1 Å². The lowest BCUT2D eigenvalue weighted by Gasteiger charge is -2.33. The van der Waals surface area contributed by atoms with E-state index in [1.165, 1.54) is 4.68 Å². The summed E-state index contributed by atoms with van der Waals surface area (Å²) >= 11 is 1.65. The van der Waals surface area contributed by atoms with Crippen LogP contribution in [0.2, 0.25) is 0 Å². The minimum absolute atomic E-state index is 0.0492. The highest BCUT2D eigenvalue weighted by molar-refractivity contribution is 7.99. The summed E-state index contributed by atoms with van der Waals surface area (Å²) in [5, 5.41) is 7.68. The Bertz CT molecular complexity index is 507. The molecule has 1 fully saturated rings. The first-order valence-electron chi connectivity index (χ1n) is 6.78. The van der Waals surface area contributed by atoms with E-state index in [-0.39, 0.29) is 25.0 Å². The fourth-order valence-corrected chi connectivity index (χ4v) is 3.11. The van der Waals surface area contributed by atoms with E-state index in [4.69, 9.17) is 10.5 Å². The zero-order chi connectivity index (χ0) is 15.2. The molecule has 2 rings (SSSR count). The molecular formula is C12H19N5O3S. The molecule has 9 heteroatoms. The molecule has 116 valence electrons. The van der Waals surface area contributed by atoms with Gasteiger partial charge in [-0.2, -0.15) is 11.8 Å². The van der Waals surface area contributed by atoms with E-state index >= 15 is 0 Å². The van der Waals surface area contributed by atoms with Gasteiger partial charge in [-0.1, -0.05) is 5.21 Å². The Labute approximate surface area is 127 Å². The predicted molar refractivity (Wildman–Crippen MR) is 77.4 cm³/mol. The van der Waals surface area contributed by atoms with Gasteiger partial charge in [0, 0.05) is 24.6 Å². The van der Waals surface area contributed by atoms with Crippen LogP contribution >= 0.6 is 11.8 Å². The summed E-state index contributed by atoms with van der Waals surface area (Å²) in [5.41, 5.74) is 6.08. The molecule has 2 N–H and O–H groups in total. The second-order valence-corrected chi connectivity index (χ2v) is 5.69. The standard InChI is InChI=1S/C12H19N5O3S/c1-2-20-12(19)10-8-21-4-3-17(10)11(18)7-16-6-9(5-13)14-15-16/h6,10H,2-5,7-8,13H2,1H3. The summed E-state index contributed by atoms with van der Waals surface area (Å²) in [6, 6.07) is -0.520. The van der Waals surface area contributed by atoms with Gasteiger partial charge in [-0.05, 0) is 6.92 Å². The van der Waals surface area contributed by atoms with Crippen molar-refractivity contribution < 1.29 is 14.3 Å². The molecule has 1 aliphatic heterocycles. The maximum atomic E-state index is 12.4. The summed E-state index contributed by atoms with van der Waals surface area (Å²) in [6.07, 6.45) is 1.63. The van der Waals surface area contributed by atoms with E-state index in [9.17, 15) is 9.59 Å². The average molecular weight is 313 g/mol. The van der Waals surface area contributed by atoms with Crippen LogP contribution in [0.4, 0.5) is 0 Å². The highest BCUT2D eigenvalue weighted by Gasteiger charge is 2.33. The van der Waals surface area contributed by atoms with Gasteiger partial charge in [-0.3, -0.25) is 4.79 Å². The first-order valence-corrected chi connectivity index (χ1v) is 7.94. The van der Waals surface area contributed by atoms with Gasteiger partial charge in [0.15, 0.2) is 0 Å². The summed E-state index contributed by atoms with van der Waals surface area (Å²) in [6.45, 7) is 2.92. The van der Waals surface area contributed by atoms with Crippen molar-refractivity contribution in [3.8, 4) is 0 Å². The molecule has 2 heterocycles. The van der Waals surface area contributed by atoms with Crippen LogP contribution in [-0.4, -0.2) is 62.5 Å². The van der Waals surface area contributed by atoms with Crippen molar-refractivity contribution in [2.75, 3.05) is 24.7 Å². The maximum absolute atomic E-state index is 12.4. The maximum Gasteiger partial charge on any atom is 0.329 e. The van der Waals surface area contributed by atoms with Crippen molar-refractivity contribution in [3.63, 3.8) is 0 Å². The topological polar surface area (TPSA) is 103 Å². The van der Waals surface area contributed by atoms with Gasteiger partial charge in [0.2, 0.25) is 5.91 Å². The lowest BCUT2D eigenvalue weighted by Crippen LogP contribution is -2.51. The van der Waals surface area contributed by atoms with Crippen molar-refractivity contribution in [3.05, 3.63) is 11.9 Å². The number of carbonyl (C=O) groups is 2. The highest BCUT2D eigenvalue weighted by atomic mass is 32.2. The Kier molecular flexibility index (Phi) is 5.57. The van der Waals surface area contributed by atoms with E-state index < -0.39 is 6.04 Å². The number of esters is 1. The predicted octanol–water partition coefficient (Wildman–Crippen LogP) is -0.756. The summed E-state index contributed by atoms with van der Waals surface area (Å²) < 4.78 is 6.48. The normalized spacial score (nSPS) is 18.6. The van der Waals surface area contributed by atoms with Crippen LogP contribution in [0.5, 0.6) is 0 Å². The summed E-state index contributed by atoms with van der Waals surface area (Å²) in [5.74, 6) is 0.865. The van der Waals surface area contributed by atoms with E-state index in [1.807, 2.05) is 0 Å². The first-order chi connectivity index (χ1) is 10.2. The van der Waals surface area contributed by atoms with Gasteiger partial charge in [0.25, 0.3) is 0 Å². The number of hydrogen-bond acceptors (Lipinski definition) is 7. The SMILES string of the molecule is CCOC(=O)C1CSCCN1C(=O)Cn1cc(CN)nn1. The van der Waals surface area contributed by atoms with Gasteiger partial charge >= 0.3 is 5.97 Å². The van der Waals surface area contributed by atoms with Crippen LogP contribution in [0.25, 0.3) is 0 Å². The van der Waals surface area contributed by atoms with Crippen LogP contribution in [0.3, 0.4) is 0 Å². The average Bonchev–Trinajstić information content (AvgIpc) is 2.95. The molecule has 1 atom stereocenters. The van der Waals surface area contributed by atoms with Gasteiger partial charge in [-0.15, -0.1) is 5.10 Å². The molecule has 1 aliphatic rings. The van der Waals surface area contributed by atoms with Crippen molar-refractivity contribution in [2.24, 2.45) is 5.73 Å². The van der Waals surface area contributed by atoms with Gasteiger partial charge in [0.05, 0.1) is 18.5 Å². The highest BCUT2D eigenvalue weighted by Crippen LogP contribution is 2.18. The minimum atomic E-state index is -0.520. The molecule has 0 aliphatic carbocycles. The molecule has 1 amide bonds. The van der Waals surface area contributed by atoms with Crippen molar-refractivity contribution >= 4 is 23.6 Å². The molecule has 0 radical (unpaired) electrons. The number of nitrogens with zero attached hydrogens (tertiary/aromatic N) is 4. The van der Waals surface area contributed by atoms with E-state index in [1.54, 1.807) is 29.8 Å². The molecule has 21 heavy (non-hydrogen) atoms. The number of hydrogen-bond donors (Lipinski definition) is 1. The second-order valence-electron chi connectivity index (χ2n) is 4.54. The third-order valence-corrected chi connectivity index (χ3v) is 4.12. The van der Waals surface area contributed by atoms with Crippen LogP contribution in [0, 0.1) is 0 Å². The van der Waals surface area contributed by atoms with E-state index in [0.717, 1.165) is 5.75 Å². The van der Waals surface area contributed by atoms with Crippen LogP contribution < -0.4 is 5.73 Å². The third kappa shape index (κ3) is 3.94. The second kappa shape index (κ2) is 7.41. The first kappa shape index (κ1) is 15.8. The smallest absolute Gasteiger partial charge is 0.329 e. The molecule has 0 aromatic carbocycles. The number of carbonyl (C=O) groups excluding carboxylic acids is 2. The summed E-state index contributed by atoms with van der Waals surface area (Å²) in [7, 11) is 0. The van der Waals surface area contributed by atoms with E-state index in [0.29, 0.717) is 24.6 Å². The van der Waals surface area contributed by atoms with Gasteiger partial charge in [0.1, 0.15) is 12.6 Å². The van der Waals surface area contributed by atoms with Crippen LogP contribution in [-0.2, 0) is 27.4 Å². The Hall–Kier alpha value is -1.61. The quantitative estimate of drug-likeness (QED) is 0.713. The zero-order valence-electron chi connectivity index (χ0n) is 11.9. The zero-order valence-corrected chi connectivity index (χ0v) is 12.7. The monoisotopic (exact) mass is 313 g/mol. The van der Waals surface area contributed by atoms with Crippen molar-refractivity contribution in [1.82, 2.24) is 19.9 Å². The van der Waals surface area contributed by atoms with E-state index in [2.05, 4.69) is 10.3 Å². The molecule has 8 nitrogen and oxygen atoms in total. The number of thioether (sulfide) groups is 1. The largest absolute Gasteiger partial charge is 0.464 e. The Morgan fingerprint density at radius 3 is 3.05 bits per heavy atom. The van der Waals surface area contributed by atoms with Gasteiger partial charge < -0.3 is 15.4 Å². The van der Waals surface area contributed by atoms with Gasteiger partial charge in [-0.25, -0.2) is 9.48 Å². The molecule has 0 saturated carbocycles. The molecule has 0 bridgehead atoms. The number of nitrogens with two attached hydrogens (primary N) is 1. The fraction of sp³-hybridized carbons (Fsp3) is 0.667. The van der Waals surface area contributed by atoms with Crippen molar-refractivity contribution in [1.29, 1.82) is 0 Å². The fourth-order valence-electron chi connectivity index (χ4n) is 2.07. The Morgan fingerprint density at radius 1 is 1.57 bits per heavy atom. The lowest BCUT2D eigenvalue weighted by molar-refractivity contribution is -0.154. The number of ether oxygens (including phenoxy) is 1. The van der Waals surface area contributed by atoms with Crippen LogP contribution in [0.15, 0.2) is 6.20 Å². The molecule has 1 saturated heterocycles. The lowest BCUT2D eigenvalue weighted by atomic mass is 10.2. The molecular weight excluding hydrogens is 294 g/mol. The molecule has 1 unspecified atom stereocenters. The molecule has 1 aromatic heterocycles. The summed E-state index contributed by atoms with van der Waals surface area (Å²) in [4.78, 5) is 25.9. The number of rotatable bonds is 5. The number of amides is 1. The Morgan fingerprint density at radius 2 is 2.38 bits per heavy atom. The molecule has 0 spiro atoms. The number of aromatic nitrogens is 3. The van der Waals surface area contributed by atoms with Crippen LogP contribution in [0.1, 0.15) is 12.6 Å². The Balaban J connectivity index is 2.02.